The molecule has 0 spiro atoms. The van der Waals surface area contributed by atoms with Crippen LogP contribution in [0.3, 0.4) is 0 Å². The van der Waals surface area contributed by atoms with Gasteiger partial charge >= 0.3 is 0 Å². The second-order valence-corrected chi connectivity index (χ2v) is 10.6. The first-order valence-corrected chi connectivity index (χ1v) is 12.1. The summed E-state index contributed by atoms with van der Waals surface area (Å²) in [6.07, 6.45) is 7.64. The molecule has 1 saturated carbocycles. The SMILES string of the molecule is CC(C)=C[C@@H]1[C@@H](C(=O)N2CCN(C(=O)C(=O)C3=CNC4C(n5ccnn5)=NC=C(F)C34)CC2)C1(C)C. The summed E-state index contributed by atoms with van der Waals surface area (Å²) in [5.74, 6) is -2.39. The molecule has 1 aromatic rings. The minimum Gasteiger partial charge on any atom is -0.380 e. The van der Waals surface area contributed by atoms with Crippen LogP contribution in [-0.2, 0) is 14.4 Å². The lowest BCUT2D eigenvalue weighted by molar-refractivity contribution is -0.146. The summed E-state index contributed by atoms with van der Waals surface area (Å²) in [5, 5.41) is 10.6. The van der Waals surface area contributed by atoms with Gasteiger partial charge in [-0.3, -0.25) is 14.4 Å². The number of nitrogens with one attached hydrogen (secondary N) is 1. The average Bonchev–Trinajstić information content (AvgIpc) is 3.30. The van der Waals surface area contributed by atoms with Gasteiger partial charge in [-0.15, -0.1) is 5.10 Å². The van der Waals surface area contributed by atoms with Crippen LogP contribution in [0.4, 0.5) is 4.39 Å². The van der Waals surface area contributed by atoms with Crippen molar-refractivity contribution in [2.24, 2.45) is 28.2 Å². The number of hydrogen-bond donors (Lipinski definition) is 1. The fraction of sp³-hybridized carbons (Fsp3) is 0.520. The van der Waals surface area contributed by atoms with Gasteiger partial charge < -0.3 is 15.1 Å². The second kappa shape index (κ2) is 8.79. The van der Waals surface area contributed by atoms with Crippen molar-refractivity contribution in [2.75, 3.05) is 26.2 Å². The summed E-state index contributed by atoms with van der Waals surface area (Å²) < 4.78 is 16.2. The molecule has 4 atom stereocenters. The summed E-state index contributed by atoms with van der Waals surface area (Å²) in [4.78, 5) is 46.7. The first-order chi connectivity index (χ1) is 17.1. The zero-order chi connectivity index (χ0) is 25.8. The first-order valence-electron chi connectivity index (χ1n) is 12.1. The highest BCUT2D eigenvalue weighted by molar-refractivity contribution is 6.43. The van der Waals surface area contributed by atoms with E-state index in [1.54, 1.807) is 11.1 Å². The number of Topliss-reactive ketones (excluding diaryl/α,β-unsaturated/α-hetero) is 1. The van der Waals surface area contributed by atoms with Gasteiger partial charge in [0.05, 0.1) is 36.5 Å². The van der Waals surface area contributed by atoms with Crippen LogP contribution in [0.25, 0.3) is 0 Å². The van der Waals surface area contributed by atoms with Crippen molar-refractivity contribution in [3.05, 3.63) is 47.8 Å². The lowest BCUT2D eigenvalue weighted by atomic mass is 9.88. The van der Waals surface area contributed by atoms with Gasteiger partial charge in [0.15, 0.2) is 5.84 Å². The van der Waals surface area contributed by atoms with Gasteiger partial charge in [-0.2, -0.15) is 0 Å². The van der Waals surface area contributed by atoms with E-state index in [9.17, 15) is 18.8 Å². The maximum Gasteiger partial charge on any atom is 0.294 e. The maximum atomic E-state index is 14.8. The Hall–Kier alpha value is -3.63. The highest BCUT2D eigenvalue weighted by atomic mass is 19.1. The number of piperazine rings is 1. The lowest BCUT2D eigenvalue weighted by Gasteiger charge is -2.35. The van der Waals surface area contributed by atoms with Crippen LogP contribution in [0, 0.1) is 23.2 Å². The van der Waals surface area contributed by atoms with E-state index in [-0.39, 0.29) is 41.8 Å². The van der Waals surface area contributed by atoms with E-state index < -0.39 is 29.5 Å². The summed E-state index contributed by atoms with van der Waals surface area (Å²) in [5.41, 5.74) is 1.16. The third kappa shape index (κ3) is 3.96. The van der Waals surface area contributed by atoms with E-state index in [2.05, 4.69) is 40.5 Å². The van der Waals surface area contributed by atoms with Gasteiger partial charge in [-0.25, -0.2) is 14.1 Å². The zero-order valence-corrected chi connectivity index (χ0v) is 20.8. The maximum absolute atomic E-state index is 14.8. The molecule has 1 aromatic heterocycles. The number of halogens is 1. The summed E-state index contributed by atoms with van der Waals surface area (Å²) in [6.45, 7) is 9.53. The molecule has 1 aliphatic carbocycles. The van der Waals surface area contributed by atoms with E-state index in [0.717, 1.165) is 6.20 Å². The van der Waals surface area contributed by atoms with Crippen LogP contribution in [0.15, 0.2) is 52.8 Å². The van der Waals surface area contributed by atoms with Crippen molar-refractivity contribution in [3.8, 4) is 0 Å². The Morgan fingerprint density at radius 1 is 1.14 bits per heavy atom. The minimum absolute atomic E-state index is 0.0501. The van der Waals surface area contributed by atoms with Crippen molar-refractivity contribution in [2.45, 2.75) is 33.7 Å². The molecule has 0 bridgehead atoms. The highest BCUT2D eigenvalue weighted by Gasteiger charge is 2.61. The number of rotatable bonds is 4. The molecule has 2 fully saturated rings. The largest absolute Gasteiger partial charge is 0.380 e. The average molecular weight is 496 g/mol. The molecule has 190 valence electrons. The Labute approximate surface area is 208 Å². The number of carbonyl (C=O) groups is 3. The Balaban J connectivity index is 1.21. The Morgan fingerprint density at radius 2 is 1.83 bits per heavy atom. The van der Waals surface area contributed by atoms with E-state index in [1.165, 1.54) is 27.6 Å². The van der Waals surface area contributed by atoms with Gasteiger partial charge in [-0.1, -0.05) is 30.7 Å². The smallest absolute Gasteiger partial charge is 0.294 e. The van der Waals surface area contributed by atoms with Gasteiger partial charge in [-0.05, 0) is 25.2 Å². The topological polar surface area (TPSA) is 113 Å². The normalized spacial score (nSPS) is 28.3. The molecule has 0 aromatic carbocycles. The van der Waals surface area contributed by atoms with Gasteiger partial charge in [0, 0.05) is 38.0 Å². The standard InChI is InChI=1S/C25H30FN7O3/c1-14(2)11-16-19(25(16,3)4)23(35)31-7-9-32(10-8-31)24(36)21(34)15-12-27-20-18(15)17(26)13-28-22(20)33-6-5-29-30-33/h5-6,11-13,16,18-20,27H,7-10H2,1-4H3/t16-,18?,19+,20?/m1/s1. The van der Waals surface area contributed by atoms with Crippen LogP contribution in [0.1, 0.15) is 27.7 Å². The number of aromatic nitrogens is 3. The lowest BCUT2D eigenvalue weighted by Crippen LogP contribution is -2.53. The number of nitrogens with zero attached hydrogens (tertiary/aromatic N) is 6. The summed E-state index contributed by atoms with van der Waals surface area (Å²) in [6, 6.07) is -0.673. The van der Waals surface area contributed by atoms with Crippen molar-refractivity contribution in [3.63, 3.8) is 0 Å². The minimum atomic E-state index is -0.967. The predicted octanol–water partition coefficient (Wildman–Crippen LogP) is 1.30. The summed E-state index contributed by atoms with van der Waals surface area (Å²) in [7, 11) is 0. The number of fused-ring (bicyclic) bond motifs is 1. The van der Waals surface area contributed by atoms with Crippen LogP contribution >= 0.6 is 0 Å². The third-order valence-corrected chi connectivity index (χ3v) is 7.66. The van der Waals surface area contributed by atoms with E-state index in [4.69, 9.17) is 0 Å². The van der Waals surface area contributed by atoms with E-state index in [1.807, 2.05) is 13.8 Å². The van der Waals surface area contributed by atoms with Crippen LogP contribution in [-0.4, -0.2) is 80.4 Å². The molecule has 0 radical (unpaired) electrons. The van der Waals surface area contributed by atoms with E-state index in [0.29, 0.717) is 18.9 Å². The van der Waals surface area contributed by atoms with Crippen LogP contribution in [0.2, 0.25) is 0 Å². The number of allylic oxidation sites excluding steroid dienone is 2. The number of hydrogen-bond acceptors (Lipinski definition) is 7. The monoisotopic (exact) mass is 495 g/mol. The Morgan fingerprint density at radius 3 is 2.47 bits per heavy atom. The second-order valence-electron chi connectivity index (χ2n) is 10.6. The molecular weight excluding hydrogens is 465 g/mol. The van der Waals surface area contributed by atoms with Crippen molar-refractivity contribution >= 4 is 23.4 Å². The Kier molecular flexibility index (Phi) is 5.88. The molecule has 5 rings (SSSR count). The molecule has 2 amide bonds. The fourth-order valence-corrected chi connectivity index (χ4v) is 5.52. The number of amides is 2. The highest BCUT2D eigenvalue weighted by Crippen LogP contribution is 2.60. The van der Waals surface area contributed by atoms with Crippen LogP contribution < -0.4 is 5.32 Å². The number of carbonyl (C=O) groups excluding carboxylic acids is 3. The molecule has 3 aliphatic heterocycles. The molecule has 36 heavy (non-hydrogen) atoms. The zero-order valence-electron chi connectivity index (χ0n) is 20.8. The number of ketones is 1. The quantitative estimate of drug-likeness (QED) is 0.498. The molecule has 2 unspecified atom stereocenters. The first kappa shape index (κ1) is 24.1. The molecule has 4 aliphatic rings. The Bertz CT molecular complexity index is 1220. The predicted molar refractivity (Wildman–Crippen MR) is 129 cm³/mol. The molecular formula is C25H30FN7O3. The molecule has 1 saturated heterocycles. The van der Waals surface area contributed by atoms with Gasteiger partial charge in [0.1, 0.15) is 5.83 Å². The van der Waals surface area contributed by atoms with Crippen molar-refractivity contribution < 1.29 is 18.8 Å². The molecule has 1 N–H and O–H groups in total. The number of aliphatic imine (C=N–C) groups is 1. The van der Waals surface area contributed by atoms with E-state index >= 15 is 0 Å². The van der Waals surface area contributed by atoms with Crippen LogP contribution in [0.5, 0.6) is 0 Å². The van der Waals surface area contributed by atoms with Gasteiger partial charge in [0.25, 0.3) is 5.91 Å². The van der Waals surface area contributed by atoms with Crippen molar-refractivity contribution in [1.29, 1.82) is 0 Å². The van der Waals surface area contributed by atoms with Gasteiger partial charge in [0.2, 0.25) is 11.7 Å². The molecule has 4 heterocycles. The molecule has 11 heteroatoms. The fourth-order valence-electron chi connectivity index (χ4n) is 5.52. The third-order valence-electron chi connectivity index (χ3n) is 7.66. The molecule has 10 nitrogen and oxygen atoms in total. The van der Waals surface area contributed by atoms with Crippen molar-refractivity contribution in [1.82, 2.24) is 30.1 Å². The summed E-state index contributed by atoms with van der Waals surface area (Å²) >= 11 is 0.